The van der Waals surface area contributed by atoms with Crippen molar-refractivity contribution in [2.75, 3.05) is 13.2 Å². The maximum atomic E-state index is 12.1. The minimum absolute atomic E-state index is 0.111. The topological polar surface area (TPSA) is 40.5 Å². The van der Waals surface area contributed by atoms with E-state index < -0.39 is 0 Å². The van der Waals surface area contributed by atoms with E-state index in [1.165, 1.54) is 25.7 Å². The average Bonchev–Trinajstić information content (AvgIpc) is 2.54. The zero-order valence-electron chi connectivity index (χ0n) is 10.0. The van der Waals surface area contributed by atoms with E-state index in [1.807, 2.05) is 0 Å². The summed E-state index contributed by atoms with van der Waals surface area (Å²) in [6.07, 6.45) is 8.62. The number of hydrogen-bond donors (Lipinski definition) is 1. The summed E-state index contributed by atoms with van der Waals surface area (Å²) in [5.74, 6) is 0.415. The van der Waals surface area contributed by atoms with Crippen LogP contribution in [0.15, 0.2) is 0 Å². The molecule has 1 N–H and O–H groups in total. The molecule has 2 atom stereocenters. The standard InChI is InChI=1S/C13H23NO2/c15-10-11-6-4-5-9-14(11)12-7-2-1-3-8-13(12)16/h11-12,15H,1-10H2. The molecule has 0 bridgehead atoms. The summed E-state index contributed by atoms with van der Waals surface area (Å²) in [6, 6.07) is 0.348. The molecule has 1 saturated carbocycles. The highest BCUT2D eigenvalue weighted by Gasteiger charge is 2.32. The third kappa shape index (κ3) is 2.64. The summed E-state index contributed by atoms with van der Waals surface area (Å²) in [5.41, 5.74) is 0. The zero-order chi connectivity index (χ0) is 11.4. The van der Waals surface area contributed by atoms with Gasteiger partial charge < -0.3 is 5.11 Å². The number of nitrogens with zero attached hydrogens (tertiary/aromatic N) is 1. The number of Topliss-reactive ketones (excluding diaryl/α,β-unsaturated/α-hetero) is 1. The van der Waals surface area contributed by atoms with Crippen LogP contribution in [0.1, 0.15) is 51.4 Å². The van der Waals surface area contributed by atoms with E-state index in [-0.39, 0.29) is 18.7 Å². The summed E-state index contributed by atoms with van der Waals surface area (Å²) in [7, 11) is 0. The minimum atomic E-state index is 0.111. The Bertz CT molecular complexity index is 242. The second kappa shape index (κ2) is 5.78. The molecule has 2 fully saturated rings. The number of piperidine rings is 1. The number of aliphatic hydroxyl groups is 1. The molecule has 0 aromatic heterocycles. The molecule has 2 aliphatic rings. The van der Waals surface area contributed by atoms with Gasteiger partial charge in [-0.2, -0.15) is 0 Å². The highest BCUT2D eigenvalue weighted by atomic mass is 16.3. The fraction of sp³-hybridized carbons (Fsp3) is 0.923. The van der Waals surface area contributed by atoms with Crippen molar-refractivity contribution < 1.29 is 9.90 Å². The maximum Gasteiger partial charge on any atom is 0.149 e. The van der Waals surface area contributed by atoms with Crippen LogP contribution < -0.4 is 0 Å². The number of likely N-dealkylation sites (tertiary alicyclic amines) is 1. The number of carbonyl (C=O) groups is 1. The van der Waals surface area contributed by atoms with Gasteiger partial charge in [0.05, 0.1) is 12.6 Å². The molecule has 3 heteroatoms. The van der Waals surface area contributed by atoms with Gasteiger partial charge in [0, 0.05) is 12.5 Å². The molecule has 2 rings (SSSR count). The lowest BCUT2D eigenvalue weighted by Crippen LogP contribution is -2.50. The number of aliphatic hydroxyl groups excluding tert-OH is 1. The molecule has 3 nitrogen and oxygen atoms in total. The van der Waals surface area contributed by atoms with Crippen LogP contribution in [0.4, 0.5) is 0 Å². The van der Waals surface area contributed by atoms with Gasteiger partial charge in [0.1, 0.15) is 5.78 Å². The molecule has 1 aliphatic carbocycles. The Morgan fingerprint density at radius 2 is 1.94 bits per heavy atom. The van der Waals surface area contributed by atoms with Gasteiger partial charge in [0.2, 0.25) is 0 Å². The summed E-state index contributed by atoms with van der Waals surface area (Å²) in [6.45, 7) is 1.21. The predicted octanol–water partition coefficient (Wildman–Crippen LogP) is 1.73. The first-order valence-corrected chi connectivity index (χ1v) is 6.72. The molecule has 0 aromatic rings. The van der Waals surface area contributed by atoms with Crippen LogP contribution in [0.25, 0.3) is 0 Å². The summed E-state index contributed by atoms with van der Waals surface area (Å²) < 4.78 is 0. The van der Waals surface area contributed by atoms with E-state index >= 15 is 0 Å². The summed E-state index contributed by atoms with van der Waals surface area (Å²) >= 11 is 0. The lowest BCUT2D eigenvalue weighted by molar-refractivity contribution is -0.126. The van der Waals surface area contributed by atoms with E-state index in [1.54, 1.807) is 0 Å². The van der Waals surface area contributed by atoms with Crippen LogP contribution in [-0.2, 0) is 4.79 Å². The molecular weight excluding hydrogens is 202 g/mol. The van der Waals surface area contributed by atoms with Crippen molar-refractivity contribution in [1.29, 1.82) is 0 Å². The Morgan fingerprint density at radius 1 is 1.12 bits per heavy atom. The second-order valence-electron chi connectivity index (χ2n) is 5.15. The molecule has 1 heterocycles. The van der Waals surface area contributed by atoms with Crippen molar-refractivity contribution in [3.8, 4) is 0 Å². The quantitative estimate of drug-likeness (QED) is 0.728. The van der Waals surface area contributed by atoms with Gasteiger partial charge in [0.25, 0.3) is 0 Å². The third-order valence-electron chi connectivity index (χ3n) is 4.06. The minimum Gasteiger partial charge on any atom is -0.395 e. The molecule has 0 radical (unpaired) electrons. The van der Waals surface area contributed by atoms with Gasteiger partial charge in [-0.1, -0.05) is 19.3 Å². The van der Waals surface area contributed by atoms with E-state index in [0.717, 1.165) is 32.2 Å². The number of hydrogen-bond acceptors (Lipinski definition) is 3. The van der Waals surface area contributed by atoms with Crippen molar-refractivity contribution in [2.24, 2.45) is 0 Å². The lowest BCUT2D eigenvalue weighted by Gasteiger charge is -2.39. The molecule has 0 aromatic carbocycles. The lowest BCUT2D eigenvalue weighted by atomic mass is 9.96. The van der Waals surface area contributed by atoms with Gasteiger partial charge in [-0.15, -0.1) is 0 Å². The first kappa shape index (κ1) is 12.1. The Labute approximate surface area is 97.8 Å². The van der Waals surface area contributed by atoms with Gasteiger partial charge in [-0.05, 0) is 32.2 Å². The smallest absolute Gasteiger partial charge is 0.149 e. The fourth-order valence-electron chi connectivity index (χ4n) is 3.12. The first-order valence-electron chi connectivity index (χ1n) is 6.72. The number of ketones is 1. The van der Waals surface area contributed by atoms with E-state index in [0.29, 0.717) is 5.78 Å². The second-order valence-corrected chi connectivity index (χ2v) is 5.15. The number of rotatable bonds is 2. The normalized spacial score (nSPS) is 33.7. The van der Waals surface area contributed by atoms with Crippen molar-refractivity contribution in [2.45, 2.75) is 63.5 Å². The molecule has 1 saturated heterocycles. The largest absolute Gasteiger partial charge is 0.395 e. The summed E-state index contributed by atoms with van der Waals surface area (Å²) in [5, 5.41) is 9.40. The molecule has 16 heavy (non-hydrogen) atoms. The van der Waals surface area contributed by atoms with Crippen LogP contribution in [0, 0.1) is 0 Å². The average molecular weight is 225 g/mol. The van der Waals surface area contributed by atoms with Gasteiger partial charge in [-0.25, -0.2) is 0 Å². The number of carbonyl (C=O) groups excluding carboxylic acids is 1. The molecule has 1 aliphatic heterocycles. The van der Waals surface area contributed by atoms with Crippen LogP contribution in [0.5, 0.6) is 0 Å². The molecule has 0 spiro atoms. The van der Waals surface area contributed by atoms with Crippen molar-refractivity contribution in [3.05, 3.63) is 0 Å². The molecule has 92 valence electrons. The van der Waals surface area contributed by atoms with Crippen molar-refractivity contribution in [1.82, 2.24) is 4.90 Å². The molecule has 2 unspecified atom stereocenters. The third-order valence-corrected chi connectivity index (χ3v) is 4.06. The van der Waals surface area contributed by atoms with Crippen LogP contribution in [-0.4, -0.2) is 41.0 Å². The van der Waals surface area contributed by atoms with Crippen molar-refractivity contribution in [3.63, 3.8) is 0 Å². The van der Waals surface area contributed by atoms with Gasteiger partial charge >= 0.3 is 0 Å². The van der Waals surface area contributed by atoms with Crippen LogP contribution in [0.3, 0.4) is 0 Å². The fourth-order valence-corrected chi connectivity index (χ4v) is 3.12. The van der Waals surface area contributed by atoms with Gasteiger partial charge in [0.15, 0.2) is 0 Å². The Balaban J connectivity index is 2.04. The monoisotopic (exact) mass is 225 g/mol. The van der Waals surface area contributed by atoms with Crippen LogP contribution >= 0.6 is 0 Å². The Hall–Kier alpha value is -0.410. The Kier molecular flexibility index (Phi) is 4.36. The van der Waals surface area contributed by atoms with Crippen molar-refractivity contribution >= 4 is 5.78 Å². The molecular formula is C13H23NO2. The predicted molar refractivity (Wildman–Crippen MR) is 63.3 cm³/mol. The van der Waals surface area contributed by atoms with E-state index in [9.17, 15) is 9.90 Å². The van der Waals surface area contributed by atoms with Gasteiger partial charge in [-0.3, -0.25) is 9.69 Å². The van der Waals surface area contributed by atoms with Crippen LogP contribution in [0.2, 0.25) is 0 Å². The SMILES string of the molecule is O=C1CCCCCC1N1CCCCC1CO. The van der Waals surface area contributed by atoms with E-state index in [4.69, 9.17) is 0 Å². The Morgan fingerprint density at radius 3 is 2.75 bits per heavy atom. The highest BCUT2D eigenvalue weighted by molar-refractivity contribution is 5.84. The summed E-state index contributed by atoms with van der Waals surface area (Å²) in [4.78, 5) is 14.3. The maximum absolute atomic E-state index is 12.1. The highest BCUT2D eigenvalue weighted by Crippen LogP contribution is 2.25. The first-order chi connectivity index (χ1) is 7.83. The molecule has 0 amide bonds. The van der Waals surface area contributed by atoms with E-state index in [2.05, 4.69) is 4.90 Å². The zero-order valence-corrected chi connectivity index (χ0v) is 10.0.